The van der Waals surface area contributed by atoms with E-state index >= 15 is 0 Å². The predicted molar refractivity (Wildman–Crippen MR) is 73.4 cm³/mol. The number of halogens is 1. The third kappa shape index (κ3) is 2.83. The summed E-state index contributed by atoms with van der Waals surface area (Å²) in [7, 11) is 0. The summed E-state index contributed by atoms with van der Waals surface area (Å²) in [5.41, 5.74) is 1.13. The highest BCUT2D eigenvalue weighted by atomic mass is 35.5. The van der Waals surface area contributed by atoms with Crippen molar-refractivity contribution in [2.45, 2.75) is 16.7 Å². The molecular weight excluding hydrogens is 270 g/mol. The maximum absolute atomic E-state index is 10.9. The summed E-state index contributed by atoms with van der Waals surface area (Å²) in [6.45, 7) is 1.93. The molecule has 0 aromatic heterocycles. The molecular formula is C13H10ClNO2S. The second-order valence-corrected chi connectivity index (χ2v) is 5.26. The van der Waals surface area contributed by atoms with Crippen LogP contribution in [-0.2, 0) is 0 Å². The van der Waals surface area contributed by atoms with Gasteiger partial charge in [-0.3, -0.25) is 10.1 Å². The molecule has 0 aliphatic carbocycles. The van der Waals surface area contributed by atoms with Crippen LogP contribution in [0, 0.1) is 17.0 Å². The highest BCUT2D eigenvalue weighted by Gasteiger charge is 2.14. The van der Waals surface area contributed by atoms with Gasteiger partial charge in [-0.15, -0.1) is 0 Å². The van der Waals surface area contributed by atoms with E-state index in [2.05, 4.69) is 0 Å². The Hall–Kier alpha value is -1.52. The Kier molecular flexibility index (Phi) is 3.89. The number of nitro groups is 1. The lowest BCUT2D eigenvalue weighted by Crippen LogP contribution is -1.90. The number of nitrogens with zero attached hydrogens (tertiary/aromatic N) is 1. The molecule has 0 spiro atoms. The molecule has 0 aliphatic heterocycles. The normalized spacial score (nSPS) is 10.3. The van der Waals surface area contributed by atoms with Crippen LogP contribution >= 0.6 is 23.4 Å². The highest BCUT2D eigenvalue weighted by molar-refractivity contribution is 7.99. The zero-order valence-corrected chi connectivity index (χ0v) is 11.2. The molecule has 3 nitrogen and oxygen atoms in total. The molecule has 2 aromatic carbocycles. The molecule has 0 unspecified atom stereocenters. The maximum Gasteiger partial charge on any atom is 0.283 e. The van der Waals surface area contributed by atoms with Crippen LogP contribution in [0.15, 0.2) is 52.3 Å². The molecule has 0 radical (unpaired) electrons. The zero-order valence-electron chi connectivity index (χ0n) is 9.59. The number of benzene rings is 2. The standard InChI is InChI=1S/C13H10ClNO2S/c1-9-8-10(14)6-7-12(9)18-13-5-3-2-4-11(13)15(16)17/h2-8H,1H3. The second-order valence-electron chi connectivity index (χ2n) is 3.74. The van der Waals surface area contributed by atoms with Gasteiger partial charge in [0.25, 0.3) is 5.69 Å². The van der Waals surface area contributed by atoms with Crippen molar-refractivity contribution in [1.29, 1.82) is 0 Å². The zero-order chi connectivity index (χ0) is 13.1. The van der Waals surface area contributed by atoms with E-state index in [1.807, 2.05) is 19.1 Å². The van der Waals surface area contributed by atoms with Gasteiger partial charge < -0.3 is 0 Å². The van der Waals surface area contributed by atoms with Gasteiger partial charge in [0.1, 0.15) is 0 Å². The molecule has 18 heavy (non-hydrogen) atoms. The first-order chi connectivity index (χ1) is 8.58. The molecule has 0 amide bonds. The van der Waals surface area contributed by atoms with Gasteiger partial charge in [-0.25, -0.2) is 0 Å². The summed E-state index contributed by atoms with van der Waals surface area (Å²) in [4.78, 5) is 12.2. The van der Waals surface area contributed by atoms with E-state index in [-0.39, 0.29) is 10.6 Å². The van der Waals surface area contributed by atoms with Gasteiger partial charge in [0.15, 0.2) is 0 Å². The molecule has 0 aliphatic rings. The third-order valence-electron chi connectivity index (χ3n) is 2.42. The lowest BCUT2D eigenvalue weighted by molar-refractivity contribution is -0.387. The summed E-state index contributed by atoms with van der Waals surface area (Å²) >= 11 is 7.26. The Morgan fingerprint density at radius 2 is 1.89 bits per heavy atom. The van der Waals surface area contributed by atoms with Crippen molar-refractivity contribution in [3.63, 3.8) is 0 Å². The smallest absolute Gasteiger partial charge is 0.258 e. The fourth-order valence-corrected chi connectivity index (χ4v) is 2.75. The molecule has 92 valence electrons. The average molecular weight is 280 g/mol. The van der Waals surface area contributed by atoms with Crippen molar-refractivity contribution in [2.24, 2.45) is 0 Å². The van der Waals surface area contributed by atoms with Crippen molar-refractivity contribution < 1.29 is 4.92 Å². The minimum Gasteiger partial charge on any atom is -0.258 e. The van der Waals surface area contributed by atoms with E-state index in [1.165, 1.54) is 17.8 Å². The Morgan fingerprint density at radius 3 is 2.56 bits per heavy atom. The van der Waals surface area contributed by atoms with Gasteiger partial charge in [-0.1, -0.05) is 35.5 Å². The van der Waals surface area contributed by atoms with Crippen LogP contribution in [-0.4, -0.2) is 4.92 Å². The average Bonchev–Trinajstić information content (AvgIpc) is 2.33. The number of hydrogen-bond donors (Lipinski definition) is 0. The van der Waals surface area contributed by atoms with E-state index < -0.39 is 0 Å². The first-order valence-corrected chi connectivity index (χ1v) is 6.45. The SMILES string of the molecule is Cc1cc(Cl)ccc1Sc1ccccc1[N+](=O)[O-]. The molecule has 0 fully saturated rings. The summed E-state index contributed by atoms with van der Waals surface area (Å²) in [5.74, 6) is 0. The topological polar surface area (TPSA) is 43.1 Å². The molecule has 0 bridgehead atoms. The Balaban J connectivity index is 2.37. The largest absolute Gasteiger partial charge is 0.283 e. The quantitative estimate of drug-likeness (QED) is 0.604. The maximum atomic E-state index is 10.9. The van der Waals surface area contributed by atoms with Crippen LogP contribution in [0.2, 0.25) is 5.02 Å². The Morgan fingerprint density at radius 1 is 1.17 bits per heavy atom. The van der Waals surface area contributed by atoms with Crippen LogP contribution < -0.4 is 0 Å². The monoisotopic (exact) mass is 279 g/mol. The summed E-state index contributed by atoms with van der Waals surface area (Å²) in [6, 6.07) is 12.2. The van der Waals surface area contributed by atoms with Gasteiger partial charge in [-0.05, 0) is 36.8 Å². The van der Waals surface area contributed by atoms with Gasteiger partial charge in [0.05, 0.1) is 9.82 Å². The minimum atomic E-state index is -0.367. The fraction of sp³-hybridized carbons (Fsp3) is 0.0769. The minimum absolute atomic E-state index is 0.122. The van der Waals surface area contributed by atoms with Crippen molar-refractivity contribution in [2.75, 3.05) is 0 Å². The highest BCUT2D eigenvalue weighted by Crippen LogP contribution is 2.36. The molecule has 0 N–H and O–H groups in total. The first kappa shape index (κ1) is 12.9. The third-order valence-corrected chi connectivity index (χ3v) is 3.90. The van der Waals surface area contributed by atoms with Crippen LogP contribution in [0.3, 0.4) is 0 Å². The van der Waals surface area contributed by atoms with E-state index in [0.29, 0.717) is 9.92 Å². The molecule has 0 atom stereocenters. The molecule has 0 saturated heterocycles. The Labute approximate surface area is 114 Å². The Bertz CT molecular complexity index is 601. The molecule has 2 rings (SSSR count). The molecule has 0 saturated carbocycles. The summed E-state index contributed by atoms with van der Waals surface area (Å²) in [6.07, 6.45) is 0. The van der Waals surface area contributed by atoms with Gasteiger partial charge in [0, 0.05) is 16.0 Å². The predicted octanol–water partition coefficient (Wildman–Crippen LogP) is 4.71. The van der Waals surface area contributed by atoms with E-state index in [1.54, 1.807) is 24.3 Å². The fourth-order valence-electron chi connectivity index (χ4n) is 1.54. The first-order valence-electron chi connectivity index (χ1n) is 5.25. The van der Waals surface area contributed by atoms with Crippen LogP contribution in [0.1, 0.15) is 5.56 Å². The van der Waals surface area contributed by atoms with Crippen molar-refractivity contribution in [3.8, 4) is 0 Å². The number of nitro benzene ring substituents is 1. The van der Waals surface area contributed by atoms with Crippen molar-refractivity contribution in [3.05, 3.63) is 63.2 Å². The number of para-hydroxylation sites is 1. The molecule has 2 aromatic rings. The summed E-state index contributed by atoms with van der Waals surface area (Å²) < 4.78 is 0. The van der Waals surface area contributed by atoms with E-state index in [9.17, 15) is 10.1 Å². The summed E-state index contributed by atoms with van der Waals surface area (Å²) in [5, 5.41) is 11.6. The lowest BCUT2D eigenvalue weighted by Gasteiger charge is -2.06. The number of aryl methyl sites for hydroxylation is 1. The second kappa shape index (κ2) is 5.42. The van der Waals surface area contributed by atoms with Crippen LogP contribution in [0.5, 0.6) is 0 Å². The van der Waals surface area contributed by atoms with E-state index in [0.717, 1.165) is 10.5 Å². The van der Waals surface area contributed by atoms with Crippen LogP contribution in [0.25, 0.3) is 0 Å². The lowest BCUT2D eigenvalue weighted by atomic mass is 10.2. The van der Waals surface area contributed by atoms with E-state index in [4.69, 9.17) is 11.6 Å². The van der Waals surface area contributed by atoms with Gasteiger partial charge in [0.2, 0.25) is 0 Å². The number of rotatable bonds is 3. The number of hydrogen-bond acceptors (Lipinski definition) is 3. The van der Waals surface area contributed by atoms with Gasteiger partial charge in [-0.2, -0.15) is 0 Å². The molecule has 0 heterocycles. The van der Waals surface area contributed by atoms with Gasteiger partial charge >= 0.3 is 0 Å². The van der Waals surface area contributed by atoms with Crippen LogP contribution in [0.4, 0.5) is 5.69 Å². The van der Waals surface area contributed by atoms with Crippen molar-refractivity contribution >= 4 is 29.1 Å². The van der Waals surface area contributed by atoms with Crippen molar-refractivity contribution in [1.82, 2.24) is 0 Å². The molecule has 5 heteroatoms.